The SMILES string of the molecule is CCOc1ccc(C=CC(=O)N(Cc2ccc(N3CCN(C(C)=O)CC3)cc2)[C@@H](Cc2ccccc2)C(=O)N2CCN(Cc3ccc(N(C)CCO)cc3)CC2)cc1. The van der Waals surface area contributed by atoms with Crippen molar-refractivity contribution in [1.82, 2.24) is 19.6 Å². The van der Waals surface area contributed by atoms with Gasteiger partial charge in [-0.1, -0.05) is 66.7 Å². The fraction of sp³-hybridized carbons (Fsp3) is 0.383. The number of benzene rings is 4. The van der Waals surface area contributed by atoms with Crippen molar-refractivity contribution in [3.05, 3.63) is 131 Å². The molecule has 0 aliphatic carbocycles. The summed E-state index contributed by atoms with van der Waals surface area (Å²) in [5.74, 6) is 0.579. The predicted molar refractivity (Wildman–Crippen MR) is 231 cm³/mol. The molecule has 0 saturated carbocycles. The number of rotatable bonds is 16. The molecule has 1 atom stereocenters. The summed E-state index contributed by atoms with van der Waals surface area (Å²) in [6.45, 7) is 11.3. The first-order valence-corrected chi connectivity index (χ1v) is 20.5. The van der Waals surface area contributed by atoms with Crippen LogP contribution in [-0.4, -0.2) is 128 Å². The number of aliphatic hydroxyl groups is 1. The summed E-state index contributed by atoms with van der Waals surface area (Å²) in [6.07, 6.45) is 3.77. The first-order chi connectivity index (χ1) is 28.2. The molecule has 0 bridgehead atoms. The van der Waals surface area contributed by atoms with Crippen LogP contribution in [0.25, 0.3) is 6.08 Å². The van der Waals surface area contributed by atoms with Crippen molar-refractivity contribution in [2.75, 3.05) is 89.0 Å². The fourth-order valence-corrected chi connectivity index (χ4v) is 7.63. The van der Waals surface area contributed by atoms with E-state index in [9.17, 15) is 19.5 Å². The maximum Gasteiger partial charge on any atom is 0.247 e. The van der Waals surface area contributed by atoms with E-state index in [0.29, 0.717) is 45.8 Å². The Kier molecular flexibility index (Phi) is 15.0. The third-order valence-electron chi connectivity index (χ3n) is 11.1. The van der Waals surface area contributed by atoms with Gasteiger partial charge in [0.1, 0.15) is 11.8 Å². The minimum absolute atomic E-state index is 0.0532. The lowest BCUT2D eigenvalue weighted by molar-refractivity contribution is -0.145. The molecular formula is C47H58N6O5. The standard InChI is InChI=1S/C47H58N6O5/c1-4-58-44-21-14-38(15-22-44)16-23-46(56)53(36-41-12-19-43(20-13-41)51-30-28-50(29-31-51)37(2)55)45(34-39-8-6-5-7-9-39)47(57)52-26-24-49(25-27-52)35-40-10-17-42(18-11-40)48(3)32-33-54/h5-23,45,54H,4,24-36H2,1-3H3/t45-/m0/s1. The van der Waals surface area contributed by atoms with E-state index < -0.39 is 6.04 Å². The smallest absolute Gasteiger partial charge is 0.247 e. The van der Waals surface area contributed by atoms with Crippen molar-refractivity contribution in [3.8, 4) is 5.75 Å². The van der Waals surface area contributed by atoms with E-state index in [0.717, 1.165) is 66.5 Å². The van der Waals surface area contributed by atoms with Crippen LogP contribution in [0, 0.1) is 0 Å². The molecule has 0 unspecified atom stereocenters. The Morgan fingerprint density at radius 1 is 0.759 bits per heavy atom. The normalized spacial score (nSPS) is 15.3. The number of amides is 3. The van der Waals surface area contributed by atoms with Gasteiger partial charge in [-0.25, -0.2) is 0 Å². The van der Waals surface area contributed by atoms with E-state index in [2.05, 4.69) is 46.2 Å². The summed E-state index contributed by atoms with van der Waals surface area (Å²) in [5.41, 5.74) is 6.11. The molecule has 6 rings (SSSR count). The van der Waals surface area contributed by atoms with E-state index in [1.807, 2.05) is 95.4 Å². The lowest BCUT2D eigenvalue weighted by Gasteiger charge is -2.39. The number of ether oxygens (including phenoxy) is 1. The molecule has 11 heteroatoms. The van der Waals surface area contributed by atoms with Gasteiger partial charge in [-0.05, 0) is 71.7 Å². The van der Waals surface area contributed by atoms with Gasteiger partial charge in [0.05, 0.1) is 13.2 Å². The van der Waals surface area contributed by atoms with E-state index in [1.54, 1.807) is 24.0 Å². The van der Waals surface area contributed by atoms with Gasteiger partial charge in [-0.15, -0.1) is 0 Å². The minimum atomic E-state index is -0.728. The zero-order valence-electron chi connectivity index (χ0n) is 34.2. The highest BCUT2D eigenvalue weighted by molar-refractivity contribution is 5.96. The van der Waals surface area contributed by atoms with Crippen LogP contribution in [0.3, 0.4) is 0 Å². The Hall–Kier alpha value is -5.65. The van der Waals surface area contributed by atoms with Crippen molar-refractivity contribution in [2.45, 2.75) is 39.4 Å². The van der Waals surface area contributed by atoms with Gasteiger partial charge in [0, 0.05) is 110 Å². The Balaban J connectivity index is 1.21. The predicted octanol–water partition coefficient (Wildman–Crippen LogP) is 5.18. The van der Waals surface area contributed by atoms with Crippen molar-refractivity contribution in [3.63, 3.8) is 0 Å². The van der Waals surface area contributed by atoms with Gasteiger partial charge in [-0.2, -0.15) is 0 Å². The maximum absolute atomic E-state index is 14.8. The summed E-state index contributed by atoms with van der Waals surface area (Å²) in [6, 6.07) is 33.5. The Bertz CT molecular complexity index is 1940. The number of likely N-dealkylation sites (N-methyl/N-ethyl adjacent to an activating group) is 1. The van der Waals surface area contributed by atoms with Gasteiger partial charge in [-0.3, -0.25) is 19.3 Å². The van der Waals surface area contributed by atoms with Crippen molar-refractivity contribution in [1.29, 1.82) is 0 Å². The molecule has 306 valence electrons. The zero-order chi connectivity index (χ0) is 40.9. The molecule has 0 spiro atoms. The van der Waals surface area contributed by atoms with Gasteiger partial charge >= 0.3 is 0 Å². The molecule has 11 nitrogen and oxygen atoms in total. The number of piperazine rings is 2. The highest BCUT2D eigenvalue weighted by atomic mass is 16.5. The summed E-state index contributed by atoms with van der Waals surface area (Å²) in [5, 5.41) is 9.31. The van der Waals surface area contributed by atoms with Crippen molar-refractivity contribution in [2.24, 2.45) is 0 Å². The molecule has 2 fully saturated rings. The van der Waals surface area contributed by atoms with Crippen molar-refractivity contribution >= 4 is 35.2 Å². The number of carbonyl (C=O) groups is 3. The molecule has 3 amide bonds. The van der Waals surface area contributed by atoms with Crippen LogP contribution in [0.2, 0.25) is 0 Å². The lowest BCUT2D eigenvalue weighted by Crippen LogP contribution is -2.56. The third kappa shape index (κ3) is 11.5. The van der Waals surface area contributed by atoms with Crippen LogP contribution in [0.4, 0.5) is 11.4 Å². The Labute approximate surface area is 343 Å². The molecule has 0 radical (unpaired) electrons. The fourth-order valence-electron chi connectivity index (χ4n) is 7.63. The summed E-state index contributed by atoms with van der Waals surface area (Å²) >= 11 is 0. The molecule has 2 aliphatic rings. The Morgan fingerprint density at radius 2 is 1.40 bits per heavy atom. The number of aliphatic hydroxyl groups excluding tert-OH is 1. The molecule has 0 aromatic heterocycles. The van der Waals surface area contributed by atoms with Gasteiger partial charge in [0.15, 0.2) is 0 Å². The number of hydrogen-bond donors (Lipinski definition) is 1. The van der Waals surface area contributed by atoms with Crippen LogP contribution in [0.5, 0.6) is 5.75 Å². The zero-order valence-corrected chi connectivity index (χ0v) is 34.2. The number of carbonyl (C=O) groups excluding carboxylic acids is 3. The molecule has 2 aliphatic heterocycles. The monoisotopic (exact) mass is 786 g/mol. The number of anilines is 2. The van der Waals surface area contributed by atoms with E-state index in [1.165, 1.54) is 5.56 Å². The largest absolute Gasteiger partial charge is 0.494 e. The second kappa shape index (κ2) is 20.7. The molecule has 4 aromatic carbocycles. The molecular weight excluding hydrogens is 729 g/mol. The first kappa shape index (κ1) is 42.0. The topological polar surface area (TPSA) is 100 Å². The van der Waals surface area contributed by atoms with Crippen molar-refractivity contribution < 1.29 is 24.2 Å². The third-order valence-corrected chi connectivity index (χ3v) is 11.1. The molecule has 2 heterocycles. The van der Waals surface area contributed by atoms with Crippen LogP contribution in [0.1, 0.15) is 36.1 Å². The molecule has 4 aromatic rings. The second-order valence-corrected chi connectivity index (χ2v) is 15.1. The first-order valence-electron chi connectivity index (χ1n) is 20.5. The van der Waals surface area contributed by atoms with E-state index in [4.69, 9.17) is 4.74 Å². The number of hydrogen-bond acceptors (Lipinski definition) is 8. The van der Waals surface area contributed by atoms with Crippen LogP contribution >= 0.6 is 0 Å². The van der Waals surface area contributed by atoms with Gasteiger partial charge in [0.2, 0.25) is 17.7 Å². The van der Waals surface area contributed by atoms with Crippen LogP contribution in [0.15, 0.2) is 109 Å². The minimum Gasteiger partial charge on any atom is -0.494 e. The van der Waals surface area contributed by atoms with Crippen LogP contribution in [-0.2, 0) is 33.9 Å². The Morgan fingerprint density at radius 3 is 2.02 bits per heavy atom. The average molecular weight is 787 g/mol. The van der Waals surface area contributed by atoms with E-state index in [-0.39, 0.29) is 30.9 Å². The van der Waals surface area contributed by atoms with Crippen LogP contribution < -0.4 is 14.5 Å². The molecule has 58 heavy (non-hydrogen) atoms. The summed E-state index contributed by atoms with van der Waals surface area (Å²) in [4.78, 5) is 53.3. The highest BCUT2D eigenvalue weighted by Crippen LogP contribution is 2.23. The molecule has 1 N–H and O–H groups in total. The summed E-state index contributed by atoms with van der Waals surface area (Å²) < 4.78 is 5.61. The quantitative estimate of drug-likeness (QED) is 0.155. The van der Waals surface area contributed by atoms with Gasteiger partial charge < -0.3 is 34.3 Å². The highest BCUT2D eigenvalue weighted by Gasteiger charge is 2.34. The number of nitrogens with zero attached hydrogens (tertiary/aromatic N) is 6. The average Bonchev–Trinajstić information content (AvgIpc) is 3.25. The second-order valence-electron chi connectivity index (χ2n) is 15.1. The maximum atomic E-state index is 14.8. The lowest BCUT2D eigenvalue weighted by atomic mass is 10.0. The van der Waals surface area contributed by atoms with E-state index >= 15 is 0 Å². The van der Waals surface area contributed by atoms with Gasteiger partial charge in [0.25, 0.3) is 0 Å². The molecule has 2 saturated heterocycles. The summed E-state index contributed by atoms with van der Waals surface area (Å²) in [7, 11) is 1.97.